The predicted molar refractivity (Wildman–Crippen MR) is 54.2 cm³/mol. The third-order valence-electron chi connectivity index (χ3n) is 1.63. The number of nitrogens with one attached hydrogen (secondary N) is 1. The molecule has 3 N–H and O–H groups in total. The zero-order valence-corrected chi connectivity index (χ0v) is 8.25. The van der Waals surface area contributed by atoms with Crippen molar-refractivity contribution in [2.75, 3.05) is 6.54 Å². The van der Waals surface area contributed by atoms with Gasteiger partial charge in [-0.05, 0) is 25.5 Å². The first-order chi connectivity index (χ1) is 6.08. The molecule has 0 bridgehead atoms. The number of aromatic nitrogens is 1. The number of pyridine rings is 1. The number of rotatable bonds is 4. The standard InChI is InChI=1S/C10H17N3/c1-10(2,11)8-13-7-9-4-3-5-12-6-9/h3-6,13H,7-8,11H2,1-2H3. The van der Waals surface area contributed by atoms with Crippen LogP contribution in [0.5, 0.6) is 0 Å². The second-order valence-electron chi connectivity index (χ2n) is 3.95. The van der Waals surface area contributed by atoms with Crippen LogP contribution in [0.25, 0.3) is 0 Å². The number of hydrogen-bond acceptors (Lipinski definition) is 3. The quantitative estimate of drug-likeness (QED) is 0.722. The monoisotopic (exact) mass is 179 g/mol. The van der Waals surface area contributed by atoms with Crippen LogP contribution < -0.4 is 11.1 Å². The zero-order chi connectivity index (χ0) is 9.73. The summed E-state index contributed by atoms with van der Waals surface area (Å²) >= 11 is 0. The lowest BCUT2D eigenvalue weighted by atomic mass is 10.1. The van der Waals surface area contributed by atoms with Gasteiger partial charge < -0.3 is 11.1 Å². The summed E-state index contributed by atoms with van der Waals surface area (Å²) in [4.78, 5) is 4.03. The van der Waals surface area contributed by atoms with Crippen LogP contribution in [0.3, 0.4) is 0 Å². The van der Waals surface area contributed by atoms with Gasteiger partial charge in [-0.2, -0.15) is 0 Å². The Balaban J connectivity index is 2.29. The van der Waals surface area contributed by atoms with E-state index in [1.54, 1.807) is 6.20 Å². The Kier molecular flexibility index (Phi) is 3.39. The van der Waals surface area contributed by atoms with E-state index in [1.807, 2.05) is 32.2 Å². The van der Waals surface area contributed by atoms with Crippen molar-refractivity contribution in [1.82, 2.24) is 10.3 Å². The molecule has 0 aliphatic carbocycles. The van der Waals surface area contributed by atoms with Crippen molar-refractivity contribution in [2.45, 2.75) is 25.9 Å². The molecular weight excluding hydrogens is 162 g/mol. The van der Waals surface area contributed by atoms with Gasteiger partial charge in [0.2, 0.25) is 0 Å². The van der Waals surface area contributed by atoms with Gasteiger partial charge in [0.1, 0.15) is 0 Å². The molecule has 13 heavy (non-hydrogen) atoms. The summed E-state index contributed by atoms with van der Waals surface area (Å²) in [7, 11) is 0. The lowest BCUT2D eigenvalue weighted by molar-refractivity contribution is 0.466. The van der Waals surface area contributed by atoms with Gasteiger partial charge in [-0.25, -0.2) is 0 Å². The molecule has 0 spiro atoms. The average Bonchev–Trinajstić information content (AvgIpc) is 2.04. The van der Waals surface area contributed by atoms with E-state index < -0.39 is 0 Å². The largest absolute Gasteiger partial charge is 0.324 e. The van der Waals surface area contributed by atoms with E-state index in [0.717, 1.165) is 13.1 Å². The SMILES string of the molecule is CC(C)(N)CNCc1cccnc1. The third-order valence-corrected chi connectivity index (χ3v) is 1.63. The van der Waals surface area contributed by atoms with Gasteiger partial charge in [0.25, 0.3) is 0 Å². The molecule has 0 radical (unpaired) electrons. The highest BCUT2D eigenvalue weighted by molar-refractivity contribution is 5.07. The highest BCUT2D eigenvalue weighted by Crippen LogP contribution is 1.97. The van der Waals surface area contributed by atoms with Crippen molar-refractivity contribution >= 4 is 0 Å². The fourth-order valence-corrected chi connectivity index (χ4v) is 1.03. The molecule has 0 aromatic carbocycles. The van der Waals surface area contributed by atoms with Crippen molar-refractivity contribution in [3.8, 4) is 0 Å². The summed E-state index contributed by atoms with van der Waals surface area (Å²) in [5, 5.41) is 3.28. The first kappa shape index (κ1) is 10.2. The van der Waals surface area contributed by atoms with Gasteiger partial charge >= 0.3 is 0 Å². The predicted octanol–water partition coefficient (Wildman–Crippen LogP) is 0.908. The molecule has 0 fully saturated rings. The molecule has 72 valence electrons. The van der Waals surface area contributed by atoms with E-state index in [0.29, 0.717) is 0 Å². The van der Waals surface area contributed by atoms with E-state index in [1.165, 1.54) is 5.56 Å². The summed E-state index contributed by atoms with van der Waals surface area (Å²) in [6.07, 6.45) is 3.63. The van der Waals surface area contributed by atoms with Crippen molar-refractivity contribution in [2.24, 2.45) is 5.73 Å². The molecule has 0 aliphatic heterocycles. The smallest absolute Gasteiger partial charge is 0.0312 e. The molecule has 0 saturated heterocycles. The van der Waals surface area contributed by atoms with Crippen LogP contribution in [0, 0.1) is 0 Å². The molecule has 1 aromatic rings. The van der Waals surface area contributed by atoms with Crippen molar-refractivity contribution in [1.29, 1.82) is 0 Å². The molecule has 0 atom stereocenters. The van der Waals surface area contributed by atoms with Crippen molar-refractivity contribution in [3.05, 3.63) is 30.1 Å². The Bertz CT molecular complexity index is 238. The van der Waals surface area contributed by atoms with Crippen LogP contribution in [-0.2, 0) is 6.54 Å². The maximum atomic E-state index is 5.82. The van der Waals surface area contributed by atoms with Gasteiger partial charge in [-0.15, -0.1) is 0 Å². The van der Waals surface area contributed by atoms with Crippen LogP contribution in [-0.4, -0.2) is 17.1 Å². The summed E-state index contributed by atoms with van der Waals surface area (Å²) in [5.74, 6) is 0. The maximum absolute atomic E-state index is 5.82. The highest BCUT2D eigenvalue weighted by Gasteiger charge is 2.08. The van der Waals surface area contributed by atoms with E-state index in [4.69, 9.17) is 5.73 Å². The first-order valence-corrected chi connectivity index (χ1v) is 4.46. The fraction of sp³-hybridized carbons (Fsp3) is 0.500. The minimum Gasteiger partial charge on any atom is -0.324 e. The van der Waals surface area contributed by atoms with Crippen molar-refractivity contribution in [3.63, 3.8) is 0 Å². The lowest BCUT2D eigenvalue weighted by Gasteiger charge is -2.18. The minimum absolute atomic E-state index is 0.151. The second-order valence-corrected chi connectivity index (χ2v) is 3.95. The topological polar surface area (TPSA) is 50.9 Å². The Morgan fingerprint density at radius 3 is 2.85 bits per heavy atom. The summed E-state index contributed by atoms with van der Waals surface area (Å²) < 4.78 is 0. The van der Waals surface area contributed by atoms with Gasteiger partial charge in [-0.1, -0.05) is 6.07 Å². The van der Waals surface area contributed by atoms with E-state index in [2.05, 4.69) is 10.3 Å². The maximum Gasteiger partial charge on any atom is 0.0312 e. The van der Waals surface area contributed by atoms with Crippen LogP contribution in [0.4, 0.5) is 0 Å². The molecule has 0 saturated carbocycles. The molecule has 1 aromatic heterocycles. The molecule has 1 rings (SSSR count). The normalized spacial score (nSPS) is 11.6. The van der Waals surface area contributed by atoms with Crippen molar-refractivity contribution < 1.29 is 0 Å². The van der Waals surface area contributed by atoms with Crippen LogP contribution >= 0.6 is 0 Å². The Morgan fingerprint density at radius 1 is 1.54 bits per heavy atom. The van der Waals surface area contributed by atoms with E-state index in [9.17, 15) is 0 Å². The van der Waals surface area contributed by atoms with E-state index >= 15 is 0 Å². The Labute approximate surface area is 79.4 Å². The Morgan fingerprint density at radius 2 is 2.31 bits per heavy atom. The molecule has 0 aliphatic rings. The second kappa shape index (κ2) is 4.35. The molecule has 0 amide bonds. The van der Waals surface area contributed by atoms with Crippen LogP contribution in [0.15, 0.2) is 24.5 Å². The van der Waals surface area contributed by atoms with Crippen LogP contribution in [0.2, 0.25) is 0 Å². The van der Waals surface area contributed by atoms with Gasteiger partial charge in [0.15, 0.2) is 0 Å². The molecule has 0 unspecified atom stereocenters. The first-order valence-electron chi connectivity index (χ1n) is 4.46. The summed E-state index contributed by atoms with van der Waals surface area (Å²) in [6.45, 7) is 5.64. The van der Waals surface area contributed by atoms with Gasteiger partial charge in [-0.3, -0.25) is 4.98 Å². The molecule has 3 heteroatoms. The minimum atomic E-state index is -0.151. The zero-order valence-electron chi connectivity index (χ0n) is 8.25. The Hall–Kier alpha value is -0.930. The number of nitrogens with two attached hydrogens (primary N) is 1. The lowest BCUT2D eigenvalue weighted by Crippen LogP contribution is -2.42. The highest BCUT2D eigenvalue weighted by atomic mass is 14.9. The summed E-state index contributed by atoms with van der Waals surface area (Å²) in [6, 6.07) is 3.98. The van der Waals surface area contributed by atoms with E-state index in [-0.39, 0.29) is 5.54 Å². The van der Waals surface area contributed by atoms with Gasteiger partial charge in [0.05, 0.1) is 0 Å². The molecular formula is C10H17N3. The number of hydrogen-bond donors (Lipinski definition) is 2. The fourth-order valence-electron chi connectivity index (χ4n) is 1.03. The van der Waals surface area contributed by atoms with Gasteiger partial charge in [0, 0.05) is 31.0 Å². The third kappa shape index (κ3) is 4.60. The number of nitrogens with zero attached hydrogens (tertiary/aromatic N) is 1. The molecule has 3 nitrogen and oxygen atoms in total. The van der Waals surface area contributed by atoms with Crippen LogP contribution in [0.1, 0.15) is 19.4 Å². The average molecular weight is 179 g/mol. The molecule has 1 heterocycles. The summed E-state index contributed by atoms with van der Waals surface area (Å²) in [5.41, 5.74) is 6.86.